The zero-order valence-electron chi connectivity index (χ0n) is 19.2. The molecule has 0 bridgehead atoms. The number of carboxylic acid groups (broad SMARTS) is 1. The number of halogens is 4. The monoisotopic (exact) mass is 551 g/mol. The van der Waals surface area contributed by atoms with E-state index in [2.05, 4.69) is 9.84 Å². The summed E-state index contributed by atoms with van der Waals surface area (Å²) in [4.78, 5) is 13.4. The number of anilines is 1. The van der Waals surface area contributed by atoms with Gasteiger partial charge >= 0.3 is 12.1 Å². The van der Waals surface area contributed by atoms with E-state index in [9.17, 15) is 31.5 Å². The summed E-state index contributed by atoms with van der Waals surface area (Å²) in [6, 6.07) is 3.79. The molecule has 2 aliphatic heterocycles. The number of rotatable bonds is 7. The van der Waals surface area contributed by atoms with Crippen LogP contribution in [0, 0.1) is 6.92 Å². The fraction of sp³-hybridized carbons (Fsp3) is 0.545. The number of ether oxygens (including phenoxy) is 2. The lowest BCUT2D eigenvalue weighted by Gasteiger charge is -2.29. The van der Waals surface area contributed by atoms with E-state index >= 15 is 0 Å². The van der Waals surface area contributed by atoms with Gasteiger partial charge in [-0.1, -0.05) is 11.6 Å². The Balaban J connectivity index is 1.61. The highest BCUT2D eigenvalue weighted by Gasteiger charge is 2.45. The minimum atomic E-state index is -4.56. The van der Waals surface area contributed by atoms with Gasteiger partial charge in [0.1, 0.15) is 17.6 Å². The number of aliphatic carboxylic acids is 1. The minimum absolute atomic E-state index is 0.00811. The zero-order chi connectivity index (χ0) is 26.3. The molecule has 0 saturated carbocycles. The largest absolute Gasteiger partial charge is 0.484 e. The third kappa shape index (κ3) is 5.57. The van der Waals surface area contributed by atoms with Crippen molar-refractivity contribution in [2.24, 2.45) is 0 Å². The van der Waals surface area contributed by atoms with E-state index in [0.29, 0.717) is 37.6 Å². The molecule has 2 atom stereocenters. The average Bonchev–Trinajstić information content (AvgIpc) is 3.42. The standard InChI is InChI=1S/C22H25ClF3N3O6S/c1-13-8-20(29(27-13)14-4-6-34-7-5-14)28-11-16(10-18(28)21(30)31)36(32,33)19-3-2-15(9-17(19)23)35-12-22(24,25)26/h2-3,8-9,14,16,18H,4-7,10-12H2,1H3,(H,30,31)/t16-,18+/m1/s1. The summed E-state index contributed by atoms with van der Waals surface area (Å²) in [6.45, 7) is 1.21. The fourth-order valence-corrected chi connectivity index (χ4v) is 6.81. The van der Waals surface area contributed by atoms with Gasteiger partial charge in [0.25, 0.3) is 0 Å². The average molecular weight is 552 g/mol. The van der Waals surface area contributed by atoms with Crippen LogP contribution in [0.2, 0.25) is 5.02 Å². The molecule has 9 nitrogen and oxygen atoms in total. The number of benzene rings is 1. The highest BCUT2D eigenvalue weighted by Crippen LogP contribution is 2.37. The molecule has 3 heterocycles. The Morgan fingerprint density at radius 3 is 2.58 bits per heavy atom. The molecule has 0 radical (unpaired) electrons. The van der Waals surface area contributed by atoms with E-state index in [0.717, 1.165) is 18.2 Å². The second kappa shape index (κ2) is 10.1. The van der Waals surface area contributed by atoms with Gasteiger partial charge in [0.15, 0.2) is 16.4 Å². The Morgan fingerprint density at radius 1 is 1.28 bits per heavy atom. The summed E-state index contributed by atoms with van der Waals surface area (Å²) in [5, 5.41) is 13.0. The van der Waals surface area contributed by atoms with E-state index in [1.807, 2.05) is 0 Å². The fourth-order valence-electron chi connectivity index (χ4n) is 4.57. The second-order valence-electron chi connectivity index (χ2n) is 8.84. The number of hydrogen-bond acceptors (Lipinski definition) is 7. The smallest absolute Gasteiger partial charge is 0.422 e. The molecule has 0 aliphatic carbocycles. The maximum atomic E-state index is 13.5. The first-order chi connectivity index (χ1) is 16.9. The van der Waals surface area contributed by atoms with Crippen LogP contribution in [0.3, 0.4) is 0 Å². The van der Waals surface area contributed by atoms with Crippen molar-refractivity contribution in [3.63, 3.8) is 0 Å². The van der Waals surface area contributed by atoms with Gasteiger partial charge in [-0.15, -0.1) is 0 Å². The molecule has 1 aromatic heterocycles. The number of nitrogens with zero attached hydrogens (tertiary/aromatic N) is 3. The second-order valence-corrected chi connectivity index (χ2v) is 11.4. The van der Waals surface area contributed by atoms with Gasteiger partial charge in [-0.05, 0) is 38.3 Å². The summed E-state index contributed by atoms with van der Waals surface area (Å²) < 4.78 is 76.0. The number of aromatic nitrogens is 2. The lowest BCUT2D eigenvalue weighted by molar-refractivity contribution is -0.153. The highest BCUT2D eigenvalue weighted by molar-refractivity contribution is 7.92. The number of aryl methyl sites for hydroxylation is 1. The third-order valence-corrected chi connectivity index (χ3v) is 8.88. The number of carbonyl (C=O) groups is 1. The molecule has 1 aromatic carbocycles. The Kier molecular flexibility index (Phi) is 7.45. The van der Waals surface area contributed by atoms with E-state index < -0.39 is 39.9 Å². The van der Waals surface area contributed by atoms with Gasteiger partial charge in [0.2, 0.25) is 0 Å². The van der Waals surface area contributed by atoms with Crippen LogP contribution in [-0.4, -0.2) is 73.1 Å². The highest BCUT2D eigenvalue weighted by atomic mass is 35.5. The van der Waals surface area contributed by atoms with Crippen LogP contribution in [0.4, 0.5) is 19.0 Å². The van der Waals surface area contributed by atoms with Crippen molar-refractivity contribution in [1.82, 2.24) is 9.78 Å². The quantitative estimate of drug-likeness (QED) is 0.555. The molecule has 0 amide bonds. The SMILES string of the molecule is Cc1cc(N2C[C@H](S(=O)(=O)c3ccc(OCC(F)(F)F)cc3Cl)C[C@H]2C(=O)O)n(C2CCOCC2)n1. The van der Waals surface area contributed by atoms with Gasteiger partial charge in [0, 0.05) is 31.9 Å². The number of hydrogen-bond donors (Lipinski definition) is 1. The van der Waals surface area contributed by atoms with E-state index in [1.165, 1.54) is 4.90 Å². The Morgan fingerprint density at radius 2 is 1.97 bits per heavy atom. The summed E-state index contributed by atoms with van der Waals surface area (Å²) in [7, 11) is -4.13. The van der Waals surface area contributed by atoms with Crippen molar-refractivity contribution in [2.45, 2.75) is 54.6 Å². The zero-order valence-corrected chi connectivity index (χ0v) is 20.8. The van der Waals surface area contributed by atoms with Crippen molar-refractivity contribution in [2.75, 3.05) is 31.3 Å². The molecule has 2 saturated heterocycles. The predicted octanol–water partition coefficient (Wildman–Crippen LogP) is 3.64. The summed E-state index contributed by atoms with van der Waals surface area (Å²) in [5.74, 6) is -0.887. The Hall–Kier alpha value is -2.51. The molecule has 4 rings (SSSR count). The van der Waals surface area contributed by atoms with E-state index in [1.54, 1.807) is 17.7 Å². The molecule has 2 aromatic rings. The predicted molar refractivity (Wildman–Crippen MR) is 123 cm³/mol. The summed E-state index contributed by atoms with van der Waals surface area (Å²) >= 11 is 6.13. The first-order valence-electron chi connectivity index (χ1n) is 11.2. The van der Waals surface area contributed by atoms with Crippen molar-refractivity contribution in [3.8, 4) is 5.75 Å². The van der Waals surface area contributed by atoms with Crippen LogP contribution in [0.15, 0.2) is 29.2 Å². The molecule has 0 unspecified atom stereocenters. The molecular weight excluding hydrogens is 527 g/mol. The van der Waals surface area contributed by atoms with Crippen LogP contribution >= 0.6 is 11.6 Å². The van der Waals surface area contributed by atoms with Crippen molar-refractivity contribution in [3.05, 3.63) is 35.0 Å². The summed E-state index contributed by atoms with van der Waals surface area (Å²) in [6.07, 6.45) is -3.37. The minimum Gasteiger partial charge on any atom is -0.484 e. The normalized spacial score (nSPS) is 21.6. The number of alkyl halides is 3. The third-order valence-electron chi connectivity index (χ3n) is 6.27. The molecule has 36 heavy (non-hydrogen) atoms. The molecule has 198 valence electrons. The Labute approximate surface area is 210 Å². The van der Waals surface area contributed by atoms with Crippen LogP contribution < -0.4 is 9.64 Å². The van der Waals surface area contributed by atoms with Crippen molar-refractivity contribution >= 4 is 33.2 Å². The molecule has 1 N–H and O–H groups in total. The van der Waals surface area contributed by atoms with E-state index in [-0.39, 0.29) is 34.7 Å². The number of sulfone groups is 1. The maximum absolute atomic E-state index is 13.5. The van der Waals surface area contributed by atoms with Gasteiger partial charge in [-0.25, -0.2) is 17.9 Å². The molecule has 14 heteroatoms. The number of carboxylic acids is 1. The molecular formula is C22H25ClF3N3O6S. The van der Waals surface area contributed by atoms with Gasteiger partial charge < -0.3 is 19.5 Å². The van der Waals surface area contributed by atoms with Gasteiger partial charge in [-0.3, -0.25) is 0 Å². The maximum Gasteiger partial charge on any atom is 0.422 e. The lowest BCUT2D eigenvalue weighted by Crippen LogP contribution is -2.38. The van der Waals surface area contributed by atoms with Crippen LogP contribution in [-0.2, 0) is 19.4 Å². The molecule has 2 aliphatic rings. The lowest BCUT2D eigenvalue weighted by atomic mass is 10.1. The van der Waals surface area contributed by atoms with Gasteiger partial charge in [-0.2, -0.15) is 18.3 Å². The van der Waals surface area contributed by atoms with Crippen LogP contribution in [0.25, 0.3) is 0 Å². The van der Waals surface area contributed by atoms with Crippen LogP contribution in [0.5, 0.6) is 5.75 Å². The van der Waals surface area contributed by atoms with Crippen molar-refractivity contribution < 1.29 is 41.0 Å². The molecule has 0 spiro atoms. The topological polar surface area (TPSA) is 111 Å². The Bertz CT molecular complexity index is 1230. The van der Waals surface area contributed by atoms with Crippen molar-refractivity contribution in [1.29, 1.82) is 0 Å². The van der Waals surface area contributed by atoms with E-state index in [4.69, 9.17) is 16.3 Å². The van der Waals surface area contributed by atoms with Crippen LogP contribution in [0.1, 0.15) is 31.0 Å². The first-order valence-corrected chi connectivity index (χ1v) is 13.2. The van der Waals surface area contributed by atoms with Gasteiger partial charge in [0.05, 0.1) is 26.9 Å². The first kappa shape index (κ1) is 26.6. The molecule has 2 fully saturated rings. The summed E-state index contributed by atoms with van der Waals surface area (Å²) in [5.41, 5.74) is 0.671.